The minimum atomic E-state index is -1.32. The predicted octanol–water partition coefficient (Wildman–Crippen LogP) is 2.50. The van der Waals surface area contributed by atoms with Gasteiger partial charge in [-0.2, -0.15) is 0 Å². The molecule has 0 heterocycles. The van der Waals surface area contributed by atoms with Crippen molar-refractivity contribution in [3.05, 3.63) is 12.7 Å². The molecule has 6 unspecified atom stereocenters. The molecule has 3 heteroatoms. The smallest absolute Gasteiger partial charge is 0.332 e. The summed E-state index contributed by atoms with van der Waals surface area (Å²) in [7, 11) is 0. The third-order valence-electron chi connectivity index (χ3n) is 5.60. The molecule has 0 saturated heterocycles. The third-order valence-corrected chi connectivity index (χ3v) is 5.60. The monoisotopic (exact) mass is 250 g/mol. The van der Waals surface area contributed by atoms with Crippen LogP contribution >= 0.6 is 0 Å². The van der Waals surface area contributed by atoms with Crippen LogP contribution in [0.2, 0.25) is 0 Å². The predicted molar refractivity (Wildman–Crippen MR) is 67.4 cm³/mol. The van der Waals surface area contributed by atoms with Crippen molar-refractivity contribution in [2.24, 2.45) is 29.6 Å². The minimum absolute atomic E-state index is 0.113. The van der Waals surface area contributed by atoms with Gasteiger partial charge >= 0.3 is 5.97 Å². The number of rotatable bonds is 3. The molecule has 2 bridgehead atoms. The van der Waals surface area contributed by atoms with E-state index >= 15 is 0 Å². The highest BCUT2D eigenvalue weighted by atomic mass is 16.7. The lowest BCUT2D eigenvalue weighted by Gasteiger charge is -2.36. The van der Waals surface area contributed by atoms with E-state index in [2.05, 4.69) is 6.58 Å². The molecule has 3 nitrogen and oxygen atoms in total. The first-order valence-electron chi connectivity index (χ1n) is 7.10. The van der Waals surface area contributed by atoms with Gasteiger partial charge in [-0.25, -0.2) is 4.79 Å². The summed E-state index contributed by atoms with van der Waals surface area (Å²) in [5, 5.41) is 10.5. The van der Waals surface area contributed by atoms with Gasteiger partial charge < -0.3 is 9.84 Å². The Morgan fingerprint density at radius 2 is 2.06 bits per heavy atom. The maximum atomic E-state index is 11.3. The number of hydrogen-bond acceptors (Lipinski definition) is 3. The van der Waals surface area contributed by atoms with Crippen molar-refractivity contribution in [2.75, 3.05) is 0 Å². The van der Waals surface area contributed by atoms with Crippen LogP contribution in [-0.4, -0.2) is 16.9 Å². The summed E-state index contributed by atoms with van der Waals surface area (Å²) in [5.41, 5.74) is 0. The zero-order chi connectivity index (χ0) is 12.9. The SMILES string of the molecule is C=CC(=O)OC(C)(O)C1CCC2C3CCC(C3)C21. The van der Waals surface area contributed by atoms with Gasteiger partial charge in [0.25, 0.3) is 0 Å². The average Bonchev–Trinajstić information content (AvgIpc) is 3.00. The van der Waals surface area contributed by atoms with Gasteiger partial charge in [0.15, 0.2) is 0 Å². The van der Waals surface area contributed by atoms with Gasteiger partial charge in [-0.3, -0.25) is 0 Å². The second-order valence-electron chi connectivity index (χ2n) is 6.44. The number of ether oxygens (including phenoxy) is 1. The first-order chi connectivity index (χ1) is 8.53. The van der Waals surface area contributed by atoms with Crippen LogP contribution in [0.4, 0.5) is 0 Å². The molecule has 3 rings (SSSR count). The van der Waals surface area contributed by atoms with Crippen LogP contribution < -0.4 is 0 Å². The van der Waals surface area contributed by atoms with Gasteiger partial charge in [-0.1, -0.05) is 6.58 Å². The van der Waals surface area contributed by atoms with E-state index in [1.54, 1.807) is 6.92 Å². The maximum Gasteiger partial charge on any atom is 0.332 e. The van der Waals surface area contributed by atoms with Gasteiger partial charge in [0.2, 0.25) is 5.79 Å². The zero-order valence-corrected chi connectivity index (χ0v) is 11.0. The Balaban J connectivity index is 1.76. The quantitative estimate of drug-likeness (QED) is 0.475. The van der Waals surface area contributed by atoms with Gasteiger partial charge in [-0.05, 0) is 55.8 Å². The summed E-state index contributed by atoms with van der Waals surface area (Å²) in [5.74, 6) is 1.22. The summed E-state index contributed by atoms with van der Waals surface area (Å²) in [4.78, 5) is 11.3. The van der Waals surface area contributed by atoms with Crippen LogP contribution in [0.5, 0.6) is 0 Å². The highest BCUT2D eigenvalue weighted by Gasteiger charge is 2.58. The highest BCUT2D eigenvalue weighted by molar-refractivity contribution is 5.81. The lowest BCUT2D eigenvalue weighted by Crippen LogP contribution is -2.43. The van der Waals surface area contributed by atoms with E-state index < -0.39 is 11.8 Å². The molecule has 0 radical (unpaired) electrons. The highest BCUT2D eigenvalue weighted by Crippen LogP contribution is 2.62. The molecule has 3 aliphatic rings. The van der Waals surface area contributed by atoms with Crippen molar-refractivity contribution in [2.45, 2.75) is 44.8 Å². The molecule has 0 aromatic heterocycles. The number of hydrogen-bond donors (Lipinski definition) is 1. The summed E-state index contributed by atoms with van der Waals surface area (Å²) >= 11 is 0. The van der Waals surface area contributed by atoms with Crippen LogP contribution in [-0.2, 0) is 9.53 Å². The van der Waals surface area contributed by atoms with E-state index in [9.17, 15) is 9.90 Å². The van der Waals surface area contributed by atoms with E-state index in [1.165, 1.54) is 25.7 Å². The largest absolute Gasteiger partial charge is 0.430 e. The fraction of sp³-hybridized carbons (Fsp3) is 0.800. The molecule has 0 spiro atoms. The van der Waals surface area contributed by atoms with Gasteiger partial charge in [-0.15, -0.1) is 0 Å². The molecular weight excluding hydrogens is 228 g/mol. The number of carbonyl (C=O) groups is 1. The van der Waals surface area contributed by atoms with E-state index in [-0.39, 0.29) is 5.92 Å². The first-order valence-corrected chi connectivity index (χ1v) is 7.10. The fourth-order valence-electron chi connectivity index (χ4n) is 5.02. The number of aliphatic hydroxyl groups is 1. The van der Waals surface area contributed by atoms with Gasteiger partial charge in [0.1, 0.15) is 0 Å². The van der Waals surface area contributed by atoms with Crippen molar-refractivity contribution in [3.8, 4) is 0 Å². The molecule has 0 aliphatic heterocycles. The fourth-order valence-corrected chi connectivity index (χ4v) is 5.02. The van der Waals surface area contributed by atoms with Crippen molar-refractivity contribution in [1.82, 2.24) is 0 Å². The van der Waals surface area contributed by atoms with E-state index in [0.29, 0.717) is 5.92 Å². The summed E-state index contributed by atoms with van der Waals surface area (Å²) in [6.45, 7) is 5.04. The Labute approximate surface area is 108 Å². The normalized spacial score (nSPS) is 44.4. The van der Waals surface area contributed by atoms with Crippen LogP contribution in [0, 0.1) is 29.6 Å². The van der Waals surface area contributed by atoms with E-state index in [0.717, 1.165) is 30.3 Å². The van der Waals surface area contributed by atoms with E-state index in [4.69, 9.17) is 4.74 Å². The molecule has 3 fully saturated rings. The minimum Gasteiger partial charge on any atom is -0.430 e. The molecule has 3 saturated carbocycles. The number of fused-ring (bicyclic) bond motifs is 5. The Kier molecular flexibility index (Phi) is 2.77. The number of esters is 1. The van der Waals surface area contributed by atoms with Crippen molar-refractivity contribution < 1.29 is 14.6 Å². The van der Waals surface area contributed by atoms with Crippen LogP contribution in [0.3, 0.4) is 0 Å². The molecule has 100 valence electrons. The molecule has 0 aromatic carbocycles. The molecular formula is C15H22O3. The van der Waals surface area contributed by atoms with Gasteiger partial charge in [0, 0.05) is 18.9 Å². The van der Waals surface area contributed by atoms with Crippen LogP contribution in [0.25, 0.3) is 0 Å². The summed E-state index contributed by atoms with van der Waals surface area (Å²) in [6.07, 6.45) is 7.30. The van der Waals surface area contributed by atoms with Crippen LogP contribution in [0.15, 0.2) is 12.7 Å². The Morgan fingerprint density at radius 1 is 1.33 bits per heavy atom. The van der Waals surface area contributed by atoms with Crippen molar-refractivity contribution in [1.29, 1.82) is 0 Å². The second kappa shape index (κ2) is 4.09. The lowest BCUT2D eigenvalue weighted by molar-refractivity contribution is -0.226. The van der Waals surface area contributed by atoms with Crippen molar-refractivity contribution in [3.63, 3.8) is 0 Å². The van der Waals surface area contributed by atoms with E-state index in [1.807, 2.05) is 0 Å². The lowest BCUT2D eigenvalue weighted by atomic mass is 9.75. The summed E-state index contributed by atoms with van der Waals surface area (Å²) in [6, 6.07) is 0. The standard InChI is InChI=1S/C15H22O3/c1-3-13(16)18-15(2,17)12-7-6-11-9-4-5-10(8-9)14(11)12/h3,9-12,14,17H,1,4-8H2,2H3. The maximum absolute atomic E-state index is 11.3. The third kappa shape index (κ3) is 1.71. The molecule has 18 heavy (non-hydrogen) atoms. The zero-order valence-electron chi connectivity index (χ0n) is 11.0. The van der Waals surface area contributed by atoms with Gasteiger partial charge in [0.05, 0.1) is 0 Å². The molecule has 1 N–H and O–H groups in total. The average molecular weight is 250 g/mol. The topological polar surface area (TPSA) is 46.5 Å². The number of carbonyl (C=O) groups excluding carboxylic acids is 1. The molecule has 3 aliphatic carbocycles. The Morgan fingerprint density at radius 3 is 2.78 bits per heavy atom. The second-order valence-corrected chi connectivity index (χ2v) is 6.44. The Bertz CT molecular complexity index is 374. The van der Waals surface area contributed by atoms with Crippen molar-refractivity contribution >= 4 is 5.97 Å². The molecule has 6 atom stereocenters. The van der Waals surface area contributed by atoms with Crippen LogP contribution in [0.1, 0.15) is 39.0 Å². The molecule has 0 aromatic rings. The molecule has 0 amide bonds. The summed E-state index contributed by atoms with van der Waals surface area (Å²) < 4.78 is 5.19. The first kappa shape index (κ1) is 12.2. The Hall–Kier alpha value is -0.830.